The number of fused-ring (bicyclic) bond motifs is 1. The molecule has 0 bridgehead atoms. The summed E-state index contributed by atoms with van der Waals surface area (Å²) >= 11 is 0. The Bertz CT molecular complexity index is 1390. The number of rotatable bonds is 8. The van der Waals surface area contributed by atoms with Gasteiger partial charge in [-0.3, -0.25) is 4.57 Å². The molecule has 0 spiro atoms. The number of esters is 1. The van der Waals surface area contributed by atoms with Crippen LogP contribution in [0, 0.1) is 0 Å². The van der Waals surface area contributed by atoms with Crippen LogP contribution in [0.3, 0.4) is 0 Å². The van der Waals surface area contributed by atoms with Gasteiger partial charge >= 0.3 is 5.97 Å². The molecule has 0 N–H and O–H groups in total. The molecule has 0 unspecified atom stereocenters. The highest BCUT2D eigenvalue weighted by Crippen LogP contribution is 2.36. The van der Waals surface area contributed by atoms with Crippen molar-refractivity contribution in [2.45, 2.75) is 38.7 Å². The van der Waals surface area contributed by atoms with E-state index < -0.39 is 5.97 Å². The summed E-state index contributed by atoms with van der Waals surface area (Å²) in [5, 5.41) is 8.38. The van der Waals surface area contributed by atoms with E-state index in [1.54, 1.807) is 26.2 Å². The predicted octanol–water partition coefficient (Wildman–Crippen LogP) is 5.49. The molecule has 0 saturated heterocycles. The van der Waals surface area contributed by atoms with E-state index in [1.165, 1.54) is 12.8 Å². The third-order valence-electron chi connectivity index (χ3n) is 6.18. The van der Waals surface area contributed by atoms with E-state index >= 15 is 0 Å². The number of benzene rings is 2. The van der Waals surface area contributed by atoms with Crippen LogP contribution in [0.15, 0.2) is 54.6 Å². The van der Waals surface area contributed by atoms with Gasteiger partial charge in [-0.05, 0) is 75.1 Å². The standard InChI is InChI=1S/C28H28N4O4/c1-3-35-28(33)22-16-18-26(31-30-22)32-23-13-7-6-12-21(23)29-25(32)17-15-19-9-8-14-24(34-2)27(19)36-20-10-4-5-11-20/h6-9,12-18,20H,3-5,10-11H2,1-2H3/b17-15+. The normalized spacial score (nSPS) is 13.9. The first-order valence-corrected chi connectivity index (χ1v) is 12.2. The molecule has 36 heavy (non-hydrogen) atoms. The second-order valence-corrected chi connectivity index (χ2v) is 8.53. The highest BCUT2D eigenvalue weighted by Gasteiger charge is 2.20. The second kappa shape index (κ2) is 10.6. The summed E-state index contributed by atoms with van der Waals surface area (Å²) in [7, 11) is 1.66. The topological polar surface area (TPSA) is 88.4 Å². The van der Waals surface area contributed by atoms with E-state index in [0.29, 0.717) is 17.4 Å². The maximum absolute atomic E-state index is 12.0. The Morgan fingerprint density at radius 1 is 1.03 bits per heavy atom. The zero-order valence-corrected chi connectivity index (χ0v) is 20.4. The van der Waals surface area contributed by atoms with Gasteiger partial charge < -0.3 is 14.2 Å². The number of hydrogen-bond donors (Lipinski definition) is 0. The van der Waals surface area contributed by atoms with Crippen molar-refractivity contribution >= 4 is 29.2 Å². The van der Waals surface area contributed by atoms with Crippen LogP contribution < -0.4 is 9.47 Å². The smallest absolute Gasteiger partial charge is 0.358 e. The lowest BCUT2D eigenvalue weighted by Crippen LogP contribution is -2.12. The Hall–Kier alpha value is -4.20. The van der Waals surface area contributed by atoms with E-state index in [4.69, 9.17) is 19.2 Å². The van der Waals surface area contributed by atoms with Crippen LogP contribution in [-0.2, 0) is 4.74 Å². The molecule has 5 rings (SSSR count). The average Bonchev–Trinajstić information content (AvgIpc) is 3.56. The van der Waals surface area contributed by atoms with Gasteiger partial charge in [0.05, 0.1) is 30.9 Å². The zero-order chi connectivity index (χ0) is 24.9. The first kappa shape index (κ1) is 23.5. The number of nitrogens with zero attached hydrogens (tertiary/aromatic N) is 4. The van der Waals surface area contributed by atoms with Crippen LogP contribution in [0.4, 0.5) is 0 Å². The summed E-state index contributed by atoms with van der Waals surface area (Å²) in [6.07, 6.45) is 8.58. The van der Waals surface area contributed by atoms with Crippen molar-refractivity contribution in [2.24, 2.45) is 0 Å². The van der Waals surface area contributed by atoms with Gasteiger partial charge in [0.15, 0.2) is 23.0 Å². The molecule has 1 fully saturated rings. The summed E-state index contributed by atoms with van der Waals surface area (Å²) in [5.74, 6) is 2.16. The van der Waals surface area contributed by atoms with Crippen molar-refractivity contribution in [1.29, 1.82) is 0 Å². The average molecular weight is 485 g/mol. The van der Waals surface area contributed by atoms with E-state index in [0.717, 1.165) is 35.2 Å². The molecule has 1 aliphatic carbocycles. The number of carbonyl (C=O) groups is 1. The molecular formula is C28H28N4O4. The van der Waals surface area contributed by atoms with Gasteiger partial charge in [-0.2, -0.15) is 0 Å². The molecule has 0 aliphatic heterocycles. The van der Waals surface area contributed by atoms with Gasteiger partial charge in [0, 0.05) is 5.56 Å². The fourth-order valence-electron chi connectivity index (χ4n) is 4.44. The van der Waals surface area contributed by atoms with E-state index in [1.807, 2.05) is 59.2 Å². The molecule has 184 valence electrons. The summed E-state index contributed by atoms with van der Waals surface area (Å²) in [4.78, 5) is 16.8. The SMILES string of the molecule is CCOC(=O)c1ccc(-n2c(/C=C/c3cccc(OC)c3OC3CCCC3)nc3ccccc32)nn1. The van der Waals surface area contributed by atoms with Crippen molar-refractivity contribution in [2.75, 3.05) is 13.7 Å². The number of imidazole rings is 1. The molecule has 8 heteroatoms. The van der Waals surface area contributed by atoms with Gasteiger partial charge in [0.25, 0.3) is 0 Å². The summed E-state index contributed by atoms with van der Waals surface area (Å²) in [6.45, 7) is 2.03. The lowest BCUT2D eigenvalue weighted by molar-refractivity contribution is 0.0518. The van der Waals surface area contributed by atoms with E-state index in [-0.39, 0.29) is 18.4 Å². The predicted molar refractivity (Wildman–Crippen MR) is 137 cm³/mol. The Kier molecular flexibility index (Phi) is 6.93. The number of hydrogen-bond acceptors (Lipinski definition) is 7. The number of ether oxygens (including phenoxy) is 3. The lowest BCUT2D eigenvalue weighted by Gasteiger charge is -2.18. The maximum atomic E-state index is 12.0. The van der Waals surface area contributed by atoms with Crippen molar-refractivity contribution in [3.05, 3.63) is 71.7 Å². The minimum Gasteiger partial charge on any atom is -0.493 e. The van der Waals surface area contributed by atoms with Crippen molar-refractivity contribution < 1.29 is 19.0 Å². The molecule has 2 heterocycles. The third kappa shape index (κ3) is 4.79. The minimum atomic E-state index is -0.500. The van der Waals surface area contributed by atoms with Gasteiger partial charge in [0.1, 0.15) is 5.82 Å². The first-order valence-electron chi connectivity index (χ1n) is 12.2. The summed E-state index contributed by atoms with van der Waals surface area (Å²) in [6, 6.07) is 17.0. The third-order valence-corrected chi connectivity index (χ3v) is 6.18. The highest BCUT2D eigenvalue weighted by atomic mass is 16.5. The number of methoxy groups -OCH3 is 1. The Morgan fingerprint density at radius 3 is 2.61 bits per heavy atom. The van der Waals surface area contributed by atoms with E-state index in [2.05, 4.69) is 10.2 Å². The molecule has 0 radical (unpaired) electrons. The number of carbonyl (C=O) groups excluding carboxylic acids is 1. The molecule has 2 aromatic heterocycles. The fraction of sp³-hybridized carbons (Fsp3) is 0.286. The number of aromatic nitrogens is 4. The van der Waals surface area contributed by atoms with Gasteiger partial charge in [-0.15, -0.1) is 10.2 Å². The quantitative estimate of drug-likeness (QED) is 0.305. The summed E-state index contributed by atoms with van der Waals surface area (Å²) < 4.78 is 18.9. The maximum Gasteiger partial charge on any atom is 0.358 e. The largest absolute Gasteiger partial charge is 0.493 e. The van der Waals surface area contributed by atoms with Crippen LogP contribution in [0.1, 0.15) is 54.5 Å². The van der Waals surface area contributed by atoms with Crippen molar-refractivity contribution in [1.82, 2.24) is 19.7 Å². The zero-order valence-electron chi connectivity index (χ0n) is 20.4. The second-order valence-electron chi connectivity index (χ2n) is 8.53. The molecule has 0 atom stereocenters. The Labute approximate surface area is 209 Å². The Balaban J connectivity index is 1.53. The van der Waals surface area contributed by atoms with Crippen LogP contribution >= 0.6 is 0 Å². The lowest BCUT2D eigenvalue weighted by atomic mass is 10.1. The van der Waals surface area contributed by atoms with Gasteiger partial charge in [0.2, 0.25) is 0 Å². The number of para-hydroxylation sites is 3. The molecular weight excluding hydrogens is 456 g/mol. The van der Waals surface area contributed by atoms with Crippen LogP contribution in [0.25, 0.3) is 29.0 Å². The molecule has 1 saturated carbocycles. The molecule has 2 aromatic carbocycles. The highest BCUT2D eigenvalue weighted by molar-refractivity contribution is 5.87. The van der Waals surface area contributed by atoms with Gasteiger partial charge in [-0.1, -0.05) is 24.3 Å². The molecule has 4 aromatic rings. The van der Waals surface area contributed by atoms with Crippen LogP contribution in [0.5, 0.6) is 11.5 Å². The first-order chi connectivity index (χ1) is 17.7. The van der Waals surface area contributed by atoms with E-state index in [9.17, 15) is 4.79 Å². The van der Waals surface area contributed by atoms with Crippen LogP contribution in [-0.4, -0.2) is 45.5 Å². The Morgan fingerprint density at radius 2 is 1.86 bits per heavy atom. The molecule has 1 aliphatic rings. The molecule has 0 amide bonds. The monoisotopic (exact) mass is 484 g/mol. The van der Waals surface area contributed by atoms with Gasteiger partial charge in [-0.25, -0.2) is 9.78 Å². The van der Waals surface area contributed by atoms with Crippen molar-refractivity contribution in [3.63, 3.8) is 0 Å². The summed E-state index contributed by atoms with van der Waals surface area (Å²) in [5.41, 5.74) is 2.76. The fourth-order valence-corrected chi connectivity index (χ4v) is 4.44. The molecule has 8 nitrogen and oxygen atoms in total. The van der Waals surface area contributed by atoms with Crippen LogP contribution in [0.2, 0.25) is 0 Å². The minimum absolute atomic E-state index is 0.159. The van der Waals surface area contributed by atoms with Crippen molar-refractivity contribution in [3.8, 4) is 17.3 Å².